The topological polar surface area (TPSA) is 127 Å². The van der Waals surface area contributed by atoms with Crippen LogP contribution in [0.15, 0.2) is 34.1 Å². The summed E-state index contributed by atoms with van der Waals surface area (Å²) in [6, 6.07) is 4.35. The lowest BCUT2D eigenvalue weighted by atomic mass is 10.1. The van der Waals surface area contributed by atoms with Gasteiger partial charge in [-0.3, -0.25) is 4.79 Å². The Morgan fingerprint density at radius 1 is 1.28 bits per heavy atom. The summed E-state index contributed by atoms with van der Waals surface area (Å²) in [6.07, 6.45) is 3.51. The second kappa shape index (κ2) is 7.29. The third-order valence-corrected chi connectivity index (χ3v) is 7.34. The zero-order valence-corrected chi connectivity index (χ0v) is 16.8. The second-order valence-electron chi connectivity index (χ2n) is 7.29. The first-order valence-corrected chi connectivity index (χ1v) is 10.8. The van der Waals surface area contributed by atoms with Gasteiger partial charge in [0.15, 0.2) is 0 Å². The average molecular weight is 418 g/mol. The predicted octanol–water partition coefficient (Wildman–Crippen LogP) is 1.42. The van der Waals surface area contributed by atoms with E-state index < -0.39 is 21.6 Å². The SMILES string of the molecule is CN(CCN1CCCC1)S(=O)(=O)c1ccc2[nH]c(=O)c3[nH]cc(C(=O)O)c3c2c1. The summed E-state index contributed by atoms with van der Waals surface area (Å²) in [5, 5.41) is 10.0. The molecule has 9 nitrogen and oxygen atoms in total. The summed E-state index contributed by atoms with van der Waals surface area (Å²) in [7, 11) is -2.22. The molecular weight excluding hydrogens is 396 g/mol. The van der Waals surface area contributed by atoms with Gasteiger partial charge in [-0.2, -0.15) is 4.31 Å². The Kier molecular flexibility index (Phi) is 4.93. The smallest absolute Gasteiger partial charge is 0.337 e. The number of benzene rings is 1. The number of aromatic carboxylic acids is 1. The number of pyridine rings is 1. The highest BCUT2D eigenvalue weighted by Crippen LogP contribution is 2.28. The van der Waals surface area contributed by atoms with E-state index in [-0.39, 0.29) is 21.4 Å². The number of H-pyrrole nitrogens is 2. The summed E-state index contributed by atoms with van der Waals surface area (Å²) >= 11 is 0. The van der Waals surface area contributed by atoms with Crippen LogP contribution < -0.4 is 5.56 Å². The Bertz CT molecular complexity index is 1250. The van der Waals surface area contributed by atoms with Crippen LogP contribution in [-0.2, 0) is 10.0 Å². The fraction of sp³-hybridized carbons (Fsp3) is 0.368. The maximum absolute atomic E-state index is 13.1. The molecule has 29 heavy (non-hydrogen) atoms. The fourth-order valence-electron chi connectivity index (χ4n) is 3.82. The first-order valence-electron chi connectivity index (χ1n) is 9.38. The molecule has 0 aliphatic carbocycles. The molecule has 0 bridgehead atoms. The Labute approximate surface area is 167 Å². The molecule has 3 aromatic rings. The van der Waals surface area contributed by atoms with Crippen LogP contribution in [0, 0.1) is 0 Å². The van der Waals surface area contributed by atoms with E-state index in [1.54, 1.807) is 0 Å². The van der Waals surface area contributed by atoms with E-state index >= 15 is 0 Å². The zero-order valence-electron chi connectivity index (χ0n) is 15.9. The van der Waals surface area contributed by atoms with Gasteiger partial charge >= 0.3 is 5.97 Å². The number of likely N-dealkylation sites (N-methyl/N-ethyl adjacent to an activating group) is 1. The molecule has 0 saturated carbocycles. The molecule has 0 amide bonds. The van der Waals surface area contributed by atoms with Crippen molar-refractivity contribution in [3.8, 4) is 0 Å². The van der Waals surface area contributed by atoms with Gasteiger partial charge in [0, 0.05) is 42.6 Å². The average Bonchev–Trinajstić information content (AvgIpc) is 3.36. The van der Waals surface area contributed by atoms with Crippen LogP contribution in [0.1, 0.15) is 23.2 Å². The predicted molar refractivity (Wildman–Crippen MR) is 109 cm³/mol. The lowest BCUT2D eigenvalue weighted by molar-refractivity contribution is 0.0699. The molecule has 154 valence electrons. The third kappa shape index (κ3) is 3.43. The van der Waals surface area contributed by atoms with Crippen LogP contribution in [0.4, 0.5) is 0 Å². The van der Waals surface area contributed by atoms with Gasteiger partial charge in [-0.1, -0.05) is 0 Å². The molecule has 1 saturated heterocycles. The molecule has 1 fully saturated rings. The van der Waals surface area contributed by atoms with Crippen molar-refractivity contribution in [1.29, 1.82) is 0 Å². The first-order chi connectivity index (χ1) is 13.8. The first kappa shape index (κ1) is 19.6. The summed E-state index contributed by atoms with van der Waals surface area (Å²) in [5.41, 5.74) is -0.0542. The summed E-state index contributed by atoms with van der Waals surface area (Å²) in [4.78, 5) is 31.4. The van der Waals surface area contributed by atoms with Crippen LogP contribution in [-0.4, -0.2) is 71.9 Å². The second-order valence-corrected chi connectivity index (χ2v) is 9.34. The maximum atomic E-state index is 13.1. The van der Waals surface area contributed by atoms with Crippen LogP contribution >= 0.6 is 0 Å². The molecule has 3 N–H and O–H groups in total. The lowest BCUT2D eigenvalue weighted by Gasteiger charge is -2.21. The Morgan fingerprint density at radius 3 is 2.69 bits per heavy atom. The lowest BCUT2D eigenvalue weighted by Crippen LogP contribution is -2.35. The molecule has 3 heterocycles. The van der Waals surface area contributed by atoms with Gasteiger partial charge in [0.2, 0.25) is 10.0 Å². The molecule has 1 aromatic carbocycles. The number of carbonyl (C=O) groups is 1. The fourth-order valence-corrected chi connectivity index (χ4v) is 5.01. The molecule has 0 spiro atoms. The van der Waals surface area contributed by atoms with Gasteiger partial charge in [-0.15, -0.1) is 0 Å². The van der Waals surface area contributed by atoms with Gasteiger partial charge in [0.05, 0.1) is 10.5 Å². The van der Waals surface area contributed by atoms with Crippen molar-refractivity contribution in [2.45, 2.75) is 17.7 Å². The van der Waals surface area contributed by atoms with E-state index in [2.05, 4.69) is 14.9 Å². The van der Waals surface area contributed by atoms with E-state index in [0.717, 1.165) is 25.9 Å². The van der Waals surface area contributed by atoms with Gasteiger partial charge in [0.1, 0.15) is 5.52 Å². The highest BCUT2D eigenvalue weighted by atomic mass is 32.2. The number of hydrogen-bond acceptors (Lipinski definition) is 5. The number of rotatable bonds is 6. The quantitative estimate of drug-likeness (QED) is 0.556. The minimum Gasteiger partial charge on any atom is -0.478 e. The normalized spacial score (nSPS) is 15.7. The van der Waals surface area contributed by atoms with Crippen molar-refractivity contribution >= 4 is 37.8 Å². The van der Waals surface area contributed by atoms with E-state index in [1.807, 2.05) is 0 Å². The van der Waals surface area contributed by atoms with E-state index in [9.17, 15) is 23.1 Å². The number of nitrogens with one attached hydrogen (secondary N) is 2. The molecule has 1 aliphatic rings. The number of carboxylic acid groups (broad SMARTS) is 1. The Balaban J connectivity index is 1.76. The summed E-state index contributed by atoms with van der Waals surface area (Å²) in [5.74, 6) is -1.20. The van der Waals surface area contributed by atoms with E-state index in [4.69, 9.17) is 0 Å². The van der Waals surface area contributed by atoms with Gasteiger partial charge in [-0.25, -0.2) is 13.2 Å². The number of aromatic nitrogens is 2. The maximum Gasteiger partial charge on any atom is 0.337 e. The van der Waals surface area contributed by atoms with Crippen LogP contribution in [0.5, 0.6) is 0 Å². The number of sulfonamides is 1. The third-order valence-electron chi connectivity index (χ3n) is 5.48. The molecule has 4 rings (SSSR count). The summed E-state index contributed by atoms with van der Waals surface area (Å²) in [6.45, 7) is 3.01. The van der Waals surface area contributed by atoms with Gasteiger partial charge < -0.3 is 20.0 Å². The number of fused-ring (bicyclic) bond motifs is 3. The minimum atomic E-state index is -3.76. The minimum absolute atomic E-state index is 0.0554. The molecule has 0 atom stereocenters. The van der Waals surface area contributed by atoms with Crippen molar-refractivity contribution in [1.82, 2.24) is 19.2 Å². The molecule has 0 radical (unpaired) electrons. The van der Waals surface area contributed by atoms with Gasteiger partial charge in [0.25, 0.3) is 5.56 Å². The Morgan fingerprint density at radius 2 is 2.00 bits per heavy atom. The molecular formula is C19H22N4O5S. The number of aromatic amines is 2. The monoisotopic (exact) mass is 418 g/mol. The number of nitrogens with zero attached hydrogens (tertiary/aromatic N) is 2. The van der Waals surface area contributed by atoms with Crippen molar-refractivity contribution in [2.24, 2.45) is 0 Å². The highest BCUT2D eigenvalue weighted by Gasteiger charge is 2.24. The van der Waals surface area contributed by atoms with Crippen LogP contribution in [0.3, 0.4) is 0 Å². The van der Waals surface area contributed by atoms with E-state index in [0.29, 0.717) is 24.0 Å². The zero-order chi connectivity index (χ0) is 20.8. The number of carboxylic acids is 1. The van der Waals surface area contributed by atoms with Crippen molar-refractivity contribution in [3.05, 3.63) is 40.3 Å². The van der Waals surface area contributed by atoms with Crippen molar-refractivity contribution in [2.75, 3.05) is 33.2 Å². The van der Waals surface area contributed by atoms with E-state index in [1.165, 1.54) is 35.7 Å². The number of hydrogen-bond donors (Lipinski definition) is 3. The molecule has 2 aromatic heterocycles. The molecule has 10 heteroatoms. The van der Waals surface area contributed by atoms with Crippen molar-refractivity contribution in [3.63, 3.8) is 0 Å². The van der Waals surface area contributed by atoms with Crippen LogP contribution in [0.2, 0.25) is 0 Å². The van der Waals surface area contributed by atoms with Gasteiger partial charge in [-0.05, 0) is 44.1 Å². The summed E-state index contributed by atoms with van der Waals surface area (Å²) < 4.78 is 27.4. The molecule has 0 unspecified atom stereocenters. The number of likely N-dealkylation sites (tertiary alicyclic amines) is 1. The van der Waals surface area contributed by atoms with Crippen molar-refractivity contribution < 1.29 is 18.3 Å². The van der Waals surface area contributed by atoms with Crippen LogP contribution in [0.25, 0.3) is 21.8 Å². The largest absolute Gasteiger partial charge is 0.478 e. The molecule has 1 aliphatic heterocycles. The Hall–Kier alpha value is -2.69. The highest BCUT2D eigenvalue weighted by molar-refractivity contribution is 7.89. The standard InChI is InChI=1S/C19H22N4O5S/c1-22(8-9-23-6-2-3-7-23)29(27,28)12-4-5-15-13(10-12)16-14(19(25)26)11-20-17(16)18(24)21-15/h4-5,10-11,20H,2-3,6-9H2,1H3,(H,21,24)(H,25,26).